The molecule has 4 nitrogen and oxygen atoms in total. The summed E-state index contributed by atoms with van der Waals surface area (Å²) in [6.45, 7) is 9.20. The fourth-order valence-electron chi connectivity index (χ4n) is 2.31. The highest BCUT2D eigenvalue weighted by atomic mass is 16.5. The van der Waals surface area contributed by atoms with E-state index in [4.69, 9.17) is 9.47 Å². The van der Waals surface area contributed by atoms with Crippen LogP contribution in [0.15, 0.2) is 18.2 Å². The van der Waals surface area contributed by atoms with Crippen molar-refractivity contribution in [2.24, 2.45) is 5.92 Å². The highest BCUT2D eigenvalue weighted by Gasteiger charge is 2.23. The molecule has 20 heavy (non-hydrogen) atoms. The van der Waals surface area contributed by atoms with Gasteiger partial charge in [-0.1, -0.05) is 19.9 Å². The summed E-state index contributed by atoms with van der Waals surface area (Å²) < 4.78 is 11.1. The molecule has 2 atom stereocenters. The van der Waals surface area contributed by atoms with E-state index in [2.05, 4.69) is 19.2 Å². The zero-order valence-electron chi connectivity index (χ0n) is 13.1. The van der Waals surface area contributed by atoms with E-state index in [0.29, 0.717) is 24.9 Å². The van der Waals surface area contributed by atoms with Crippen LogP contribution >= 0.6 is 0 Å². The van der Waals surface area contributed by atoms with Gasteiger partial charge in [-0.05, 0) is 44.5 Å². The molecule has 1 aromatic carbocycles. The van der Waals surface area contributed by atoms with Gasteiger partial charge >= 0.3 is 0 Å². The molecule has 0 aliphatic heterocycles. The number of benzene rings is 1. The second kappa shape index (κ2) is 8.12. The van der Waals surface area contributed by atoms with Crippen molar-refractivity contribution >= 4 is 0 Å². The average Bonchev–Trinajstić information content (AvgIpc) is 2.41. The molecular formula is C16H27NO3. The third kappa shape index (κ3) is 4.12. The minimum Gasteiger partial charge on any atom is -0.490 e. The van der Waals surface area contributed by atoms with Crippen molar-refractivity contribution in [2.75, 3.05) is 20.3 Å². The summed E-state index contributed by atoms with van der Waals surface area (Å²) >= 11 is 0. The number of nitrogens with one attached hydrogen (secondary N) is 1. The Kier molecular flexibility index (Phi) is 6.82. The average molecular weight is 281 g/mol. The molecule has 0 saturated carbocycles. The Balaban J connectivity index is 3.03. The molecular weight excluding hydrogens is 254 g/mol. The monoisotopic (exact) mass is 281 g/mol. The molecule has 2 N–H and O–H groups in total. The van der Waals surface area contributed by atoms with Crippen LogP contribution in [0.1, 0.15) is 39.4 Å². The molecule has 114 valence electrons. The van der Waals surface area contributed by atoms with Gasteiger partial charge < -0.3 is 19.9 Å². The highest BCUT2D eigenvalue weighted by molar-refractivity contribution is 5.44. The van der Waals surface area contributed by atoms with Gasteiger partial charge in [-0.2, -0.15) is 0 Å². The lowest BCUT2D eigenvalue weighted by molar-refractivity contribution is 0.109. The fourth-order valence-corrected chi connectivity index (χ4v) is 2.31. The lowest BCUT2D eigenvalue weighted by Gasteiger charge is -2.26. The summed E-state index contributed by atoms with van der Waals surface area (Å²) in [4.78, 5) is 0. The topological polar surface area (TPSA) is 50.7 Å². The van der Waals surface area contributed by atoms with E-state index >= 15 is 0 Å². The molecule has 0 heterocycles. The van der Waals surface area contributed by atoms with Crippen LogP contribution in [0.2, 0.25) is 0 Å². The van der Waals surface area contributed by atoms with Crippen LogP contribution in [0.5, 0.6) is 11.5 Å². The maximum atomic E-state index is 10.5. The van der Waals surface area contributed by atoms with Gasteiger partial charge in [-0.15, -0.1) is 0 Å². The van der Waals surface area contributed by atoms with Gasteiger partial charge in [0.15, 0.2) is 11.5 Å². The van der Waals surface area contributed by atoms with E-state index in [9.17, 15) is 5.11 Å². The fraction of sp³-hybridized carbons (Fsp3) is 0.625. The molecule has 0 aliphatic rings. The quantitative estimate of drug-likeness (QED) is 0.769. The first-order valence-electron chi connectivity index (χ1n) is 7.29. The summed E-state index contributed by atoms with van der Waals surface area (Å²) in [5, 5.41) is 13.7. The first kappa shape index (κ1) is 16.8. The maximum Gasteiger partial charge on any atom is 0.161 e. The second-order valence-electron chi connectivity index (χ2n) is 5.08. The van der Waals surface area contributed by atoms with Gasteiger partial charge in [0.05, 0.1) is 19.3 Å². The van der Waals surface area contributed by atoms with Crippen LogP contribution in [-0.4, -0.2) is 31.4 Å². The van der Waals surface area contributed by atoms with Crippen molar-refractivity contribution in [2.45, 2.75) is 39.8 Å². The summed E-state index contributed by atoms with van der Waals surface area (Å²) in [5.74, 6) is 1.73. The summed E-state index contributed by atoms with van der Waals surface area (Å²) in [6.07, 6.45) is -0.574. The van der Waals surface area contributed by atoms with Crippen LogP contribution in [0.4, 0.5) is 0 Å². The van der Waals surface area contributed by atoms with Gasteiger partial charge in [-0.25, -0.2) is 0 Å². The van der Waals surface area contributed by atoms with Gasteiger partial charge in [0.2, 0.25) is 0 Å². The highest BCUT2D eigenvalue weighted by Crippen LogP contribution is 2.32. The molecule has 1 rings (SSSR count). The van der Waals surface area contributed by atoms with E-state index in [1.807, 2.05) is 39.1 Å². The Labute approximate surface area is 122 Å². The number of ether oxygens (including phenoxy) is 2. The predicted octanol–water partition coefficient (Wildman–Crippen LogP) is 2.76. The van der Waals surface area contributed by atoms with Crippen molar-refractivity contribution in [3.63, 3.8) is 0 Å². The van der Waals surface area contributed by atoms with Crippen LogP contribution in [-0.2, 0) is 0 Å². The Morgan fingerprint density at radius 1 is 1.10 bits per heavy atom. The molecule has 0 fully saturated rings. The molecule has 1 aromatic rings. The molecule has 0 aliphatic carbocycles. The van der Waals surface area contributed by atoms with E-state index in [1.54, 1.807) is 0 Å². The van der Waals surface area contributed by atoms with E-state index in [0.717, 1.165) is 11.3 Å². The largest absolute Gasteiger partial charge is 0.490 e. The SMILES string of the molecule is CCOc1ccc(C(O)C(NC)C(C)C)cc1OCC. The standard InChI is InChI=1S/C16H27NO3/c1-6-19-13-9-8-12(10-14(13)20-7-2)16(18)15(17-5)11(3)4/h8-11,15-18H,6-7H2,1-5H3. The van der Waals surface area contributed by atoms with E-state index < -0.39 is 6.10 Å². The minimum atomic E-state index is -0.574. The van der Waals surface area contributed by atoms with E-state index in [-0.39, 0.29) is 6.04 Å². The smallest absolute Gasteiger partial charge is 0.161 e. The van der Waals surface area contributed by atoms with Gasteiger partial charge in [0, 0.05) is 6.04 Å². The number of aliphatic hydroxyl groups is 1. The summed E-state index contributed by atoms with van der Waals surface area (Å²) in [5.41, 5.74) is 0.838. The van der Waals surface area contributed by atoms with Crippen LogP contribution in [0.3, 0.4) is 0 Å². The third-order valence-corrected chi connectivity index (χ3v) is 3.30. The van der Waals surface area contributed by atoms with Crippen molar-refractivity contribution in [3.8, 4) is 11.5 Å². The summed E-state index contributed by atoms with van der Waals surface area (Å²) in [6, 6.07) is 5.62. The number of rotatable bonds is 8. The number of likely N-dealkylation sites (N-methyl/N-ethyl adjacent to an activating group) is 1. The molecule has 4 heteroatoms. The Hall–Kier alpha value is -1.26. The second-order valence-corrected chi connectivity index (χ2v) is 5.08. The minimum absolute atomic E-state index is 0.00224. The Bertz CT molecular complexity index is 407. The van der Waals surface area contributed by atoms with Crippen molar-refractivity contribution in [3.05, 3.63) is 23.8 Å². The van der Waals surface area contributed by atoms with Gasteiger partial charge in [0.25, 0.3) is 0 Å². The van der Waals surface area contributed by atoms with Crippen molar-refractivity contribution in [1.29, 1.82) is 0 Å². The lowest BCUT2D eigenvalue weighted by Crippen LogP contribution is -2.36. The van der Waals surface area contributed by atoms with Crippen molar-refractivity contribution < 1.29 is 14.6 Å². The maximum absolute atomic E-state index is 10.5. The molecule has 0 radical (unpaired) electrons. The predicted molar refractivity (Wildman–Crippen MR) is 81.4 cm³/mol. The summed E-state index contributed by atoms with van der Waals surface area (Å²) in [7, 11) is 1.87. The van der Waals surface area contributed by atoms with Crippen LogP contribution in [0, 0.1) is 5.92 Å². The number of hydrogen-bond acceptors (Lipinski definition) is 4. The Morgan fingerprint density at radius 2 is 1.70 bits per heavy atom. The first-order chi connectivity index (χ1) is 9.54. The lowest BCUT2D eigenvalue weighted by atomic mass is 9.93. The molecule has 2 unspecified atom stereocenters. The molecule has 0 amide bonds. The molecule has 0 spiro atoms. The van der Waals surface area contributed by atoms with Crippen LogP contribution < -0.4 is 14.8 Å². The van der Waals surface area contributed by atoms with Gasteiger partial charge in [-0.3, -0.25) is 0 Å². The molecule has 0 bridgehead atoms. The van der Waals surface area contributed by atoms with E-state index in [1.165, 1.54) is 0 Å². The third-order valence-electron chi connectivity index (χ3n) is 3.30. The number of hydrogen-bond donors (Lipinski definition) is 2. The van der Waals surface area contributed by atoms with Crippen LogP contribution in [0.25, 0.3) is 0 Å². The molecule has 0 aromatic heterocycles. The zero-order chi connectivity index (χ0) is 15.1. The zero-order valence-corrected chi connectivity index (χ0v) is 13.1. The Morgan fingerprint density at radius 3 is 2.20 bits per heavy atom. The first-order valence-corrected chi connectivity index (χ1v) is 7.29. The number of aliphatic hydroxyl groups excluding tert-OH is 1. The molecule has 0 saturated heterocycles. The normalized spacial score (nSPS) is 14.2. The van der Waals surface area contributed by atoms with Crippen molar-refractivity contribution in [1.82, 2.24) is 5.32 Å². The van der Waals surface area contributed by atoms with Gasteiger partial charge in [0.1, 0.15) is 0 Å².